The van der Waals surface area contributed by atoms with Crippen molar-refractivity contribution < 1.29 is 4.39 Å². The lowest BCUT2D eigenvalue weighted by Gasteiger charge is -2.20. The number of nitrogens with one attached hydrogen (secondary N) is 1. The van der Waals surface area contributed by atoms with Crippen LogP contribution in [0.3, 0.4) is 0 Å². The number of benzene rings is 2. The molecule has 104 valence electrons. The number of hydrogen-bond donors (Lipinski definition) is 1. The van der Waals surface area contributed by atoms with Crippen molar-refractivity contribution in [2.45, 2.75) is 6.04 Å². The molecule has 0 bridgehead atoms. The highest BCUT2D eigenvalue weighted by Crippen LogP contribution is 2.26. The van der Waals surface area contributed by atoms with E-state index in [0.717, 1.165) is 11.1 Å². The van der Waals surface area contributed by atoms with Crippen LogP contribution in [0.1, 0.15) is 17.2 Å². The zero-order valence-corrected chi connectivity index (χ0v) is 11.4. The second-order valence-corrected chi connectivity index (χ2v) is 4.73. The van der Waals surface area contributed by atoms with Crippen molar-refractivity contribution in [3.05, 3.63) is 95.9 Å². The second kappa shape index (κ2) is 6.18. The maximum absolute atomic E-state index is 13.9. The number of pyridine rings is 1. The van der Waals surface area contributed by atoms with Crippen molar-refractivity contribution in [2.24, 2.45) is 0 Å². The van der Waals surface area contributed by atoms with Crippen molar-refractivity contribution >= 4 is 5.82 Å². The van der Waals surface area contributed by atoms with Crippen molar-refractivity contribution in [3.63, 3.8) is 0 Å². The Labute approximate surface area is 123 Å². The lowest BCUT2D eigenvalue weighted by molar-refractivity contribution is 0.622. The second-order valence-electron chi connectivity index (χ2n) is 4.73. The number of nitrogens with zero attached hydrogens (tertiary/aromatic N) is 1. The van der Waals surface area contributed by atoms with E-state index in [1.807, 2.05) is 60.7 Å². The average molecular weight is 278 g/mol. The summed E-state index contributed by atoms with van der Waals surface area (Å²) < 4.78 is 13.9. The van der Waals surface area contributed by atoms with E-state index < -0.39 is 0 Å². The first kappa shape index (κ1) is 13.3. The molecule has 1 aromatic heterocycles. The van der Waals surface area contributed by atoms with Gasteiger partial charge in [-0.2, -0.15) is 0 Å². The van der Waals surface area contributed by atoms with Crippen LogP contribution in [0.5, 0.6) is 0 Å². The van der Waals surface area contributed by atoms with E-state index in [9.17, 15) is 4.39 Å². The molecule has 2 aromatic carbocycles. The summed E-state index contributed by atoms with van der Waals surface area (Å²) in [7, 11) is 0. The highest BCUT2D eigenvalue weighted by Gasteiger charge is 2.15. The first-order chi connectivity index (χ1) is 10.3. The molecule has 21 heavy (non-hydrogen) atoms. The minimum atomic E-state index is -0.352. The molecule has 1 N–H and O–H groups in total. The minimum absolute atomic E-state index is 0.142. The predicted molar refractivity (Wildman–Crippen MR) is 82.5 cm³/mol. The van der Waals surface area contributed by atoms with Crippen LogP contribution in [0, 0.1) is 5.82 Å². The van der Waals surface area contributed by atoms with Crippen molar-refractivity contribution in [1.29, 1.82) is 0 Å². The Morgan fingerprint density at radius 1 is 0.762 bits per heavy atom. The van der Waals surface area contributed by atoms with Gasteiger partial charge in [0.1, 0.15) is 0 Å². The Morgan fingerprint density at radius 2 is 1.33 bits per heavy atom. The van der Waals surface area contributed by atoms with Gasteiger partial charge >= 0.3 is 0 Å². The SMILES string of the molecule is Fc1cccnc1NC(c1ccccc1)c1ccccc1. The van der Waals surface area contributed by atoms with E-state index in [0.29, 0.717) is 0 Å². The van der Waals surface area contributed by atoms with Crippen molar-refractivity contribution in [2.75, 3.05) is 5.32 Å². The van der Waals surface area contributed by atoms with Crippen LogP contribution in [-0.2, 0) is 0 Å². The molecule has 3 aromatic rings. The molecule has 0 amide bonds. The lowest BCUT2D eigenvalue weighted by Crippen LogP contribution is -2.14. The molecule has 3 rings (SSSR count). The van der Waals surface area contributed by atoms with Gasteiger partial charge in [0.25, 0.3) is 0 Å². The van der Waals surface area contributed by atoms with Crippen LogP contribution in [-0.4, -0.2) is 4.98 Å². The Balaban J connectivity index is 1.99. The van der Waals surface area contributed by atoms with E-state index in [1.54, 1.807) is 12.3 Å². The molecule has 0 fully saturated rings. The van der Waals surface area contributed by atoms with Crippen LogP contribution in [0.25, 0.3) is 0 Å². The molecule has 0 atom stereocenters. The number of hydrogen-bond acceptors (Lipinski definition) is 2. The fraction of sp³-hybridized carbons (Fsp3) is 0.0556. The molecule has 3 heteroatoms. The number of halogens is 1. The molecule has 1 heterocycles. The van der Waals surface area contributed by atoms with Crippen molar-refractivity contribution in [1.82, 2.24) is 4.98 Å². The number of aromatic nitrogens is 1. The van der Waals surface area contributed by atoms with Crippen LogP contribution < -0.4 is 5.32 Å². The summed E-state index contributed by atoms with van der Waals surface area (Å²) in [5.41, 5.74) is 2.13. The summed E-state index contributed by atoms with van der Waals surface area (Å²) in [6.07, 6.45) is 1.58. The van der Waals surface area contributed by atoms with Crippen LogP contribution in [0.4, 0.5) is 10.2 Å². The Kier molecular flexibility index (Phi) is 3.92. The number of rotatable bonds is 4. The predicted octanol–water partition coefficient (Wildman–Crippen LogP) is 4.42. The van der Waals surface area contributed by atoms with Gasteiger partial charge in [0.05, 0.1) is 6.04 Å². The summed E-state index contributed by atoms with van der Waals surface area (Å²) >= 11 is 0. The number of anilines is 1. The largest absolute Gasteiger partial charge is 0.357 e. The van der Waals surface area contributed by atoms with Gasteiger partial charge in [0.2, 0.25) is 0 Å². The topological polar surface area (TPSA) is 24.9 Å². The summed E-state index contributed by atoms with van der Waals surface area (Å²) in [6, 6.07) is 22.8. The molecule has 2 nitrogen and oxygen atoms in total. The summed E-state index contributed by atoms with van der Waals surface area (Å²) in [4.78, 5) is 4.08. The van der Waals surface area contributed by atoms with Gasteiger partial charge < -0.3 is 5.32 Å². The molecule has 0 spiro atoms. The van der Waals surface area contributed by atoms with E-state index in [2.05, 4.69) is 10.3 Å². The van der Waals surface area contributed by atoms with Gasteiger partial charge in [0, 0.05) is 6.20 Å². The quantitative estimate of drug-likeness (QED) is 0.764. The Bertz CT molecular complexity index is 659. The van der Waals surface area contributed by atoms with Gasteiger partial charge in [-0.1, -0.05) is 60.7 Å². The van der Waals surface area contributed by atoms with E-state index in [4.69, 9.17) is 0 Å². The fourth-order valence-electron chi connectivity index (χ4n) is 2.28. The molecule has 0 saturated heterocycles. The molecule has 0 saturated carbocycles. The van der Waals surface area contributed by atoms with E-state index in [1.165, 1.54) is 6.07 Å². The molecule has 0 unspecified atom stereocenters. The lowest BCUT2D eigenvalue weighted by atomic mass is 9.99. The zero-order chi connectivity index (χ0) is 14.5. The molecule has 0 aliphatic heterocycles. The van der Waals surface area contributed by atoms with E-state index >= 15 is 0 Å². The van der Waals surface area contributed by atoms with Gasteiger partial charge in [-0.3, -0.25) is 0 Å². The maximum Gasteiger partial charge on any atom is 0.165 e. The minimum Gasteiger partial charge on any atom is -0.357 e. The van der Waals surface area contributed by atoms with Gasteiger partial charge in [-0.15, -0.1) is 0 Å². The highest BCUT2D eigenvalue weighted by atomic mass is 19.1. The third-order valence-corrected chi connectivity index (χ3v) is 3.31. The monoisotopic (exact) mass is 278 g/mol. The van der Waals surface area contributed by atoms with Gasteiger partial charge in [-0.25, -0.2) is 9.37 Å². The first-order valence-electron chi connectivity index (χ1n) is 6.81. The molecule has 0 aliphatic rings. The molecular weight excluding hydrogens is 263 g/mol. The summed E-state index contributed by atoms with van der Waals surface area (Å²) in [5, 5.41) is 3.19. The van der Waals surface area contributed by atoms with Crippen LogP contribution >= 0.6 is 0 Å². The molecule has 0 radical (unpaired) electrons. The van der Waals surface area contributed by atoms with Gasteiger partial charge in [-0.05, 0) is 23.3 Å². The Morgan fingerprint density at radius 3 is 1.86 bits per heavy atom. The standard InChI is InChI=1S/C18H15FN2/c19-16-12-7-13-20-18(16)21-17(14-8-3-1-4-9-14)15-10-5-2-6-11-15/h1-13,17H,(H,20,21). The van der Waals surface area contributed by atoms with Gasteiger partial charge in [0.15, 0.2) is 11.6 Å². The third-order valence-electron chi connectivity index (χ3n) is 3.31. The summed E-state index contributed by atoms with van der Waals surface area (Å²) in [5.74, 6) is -0.0930. The average Bonchev–Trinajstić information content (AvgIpc) is 2.56. The summed E-state index contributed by atoms with van der Waals surface area (Å²) in [6.45, 7) is 0. The Hall–Kier alpha value is -2.68. The third kappa shape index (κ3) is 3.08. The smallest absolute Gasteiger partial charge is 0.165 e. The highest BCUT2D eigenvalue weighted by molar-refractivity contribution is 5.44. The fourth-order valence-corrected chi connectivity index (χ4v) is 2.28. The normalized spacial score (nSPS) is 10.6. The zero-order valence-electron chi connectivity index (χ0n) is 11.4. The van der Waals surface area contributed by atoms with Crippen molar-refractivity contribution in [3.8, 4) is 0 Å². The maximum atomic E-state index is 13.9. The first-order valence-corrected chi connectivity index (χ1v) is 6.81. The van der Waals surface area contributed by atoms with Crippen LogP contribution in [0.2, 0.25) is 0 Å². The molecular formula is C18H15FN2. The van der Waals surface area contributed by atoms with E-state index in [-0.39, 0.29) is 17.7 Å². The van der Waals surface area contributed by atoms with Crippen LogP contribution in [0.15, 0.2) is 79.0 Å². The molecule has 0 aliphatic carbocycles.